The summed E-state index contributed by atoms with van der Waals surface area (Å²) in [5.41, 5.74) is 6.82. The Morgan fingerprint density at radius 2 is 2.35 bits per heavy atom. The van der Waals surface area contributed by atoms with Crippen LogP contribution in [0.3, 0.4) is 0 Å². The number of nitrogens with one attached hydrogen (secondary N) is 2. The SMILES string of the molecule is COc1cc(N)ccc1NC(=O)C(C)Sc1ncn[nH]1. The molecule has 0 bridgehead atoms. The molecule has 1 aromatic carbocycles. The van der Waals surface area contributed by atoms with Gasteiger partial charge in [0.05, 0.1) is 18.0 Å². The molecule has 0 radical (unpaired) electrons. The van der Waals surface area contributed by atoms with Gasteiger partial charge in [-0.25, -0.2) is 4.98 Å². The van der Waals surface area contributed by atoms with Gasteiger partial charge < -0.3 is 15.8 Å². The van der Waals surface area contributed by atoms with Crippen molar-refractivity contribution in [1.29, 1.82) is 0 Å². The Morgan fingerprint density at radius 1 is 1.55 bits per heavy atom. The fourth-order valence-electron chi connectivity index (χ4n) is 1.52. The van der Waals surface area contributed by atoms with E-state index < -0.39 is 0 Å². The molecule has 7 nitrogen and oxygen atoms in total. The van der Waals surface area contributed by atoms with Crippen LogP contribution in [0, 0.1) is 0 Å². The molecule has 106 valence electrons. The Kier molecular flexibility index (Phi) is 4.46. The van der Waals surface area contributed by atoms with Gasteiger partial charge in [0, 0.05) is 11.8 Å². The smallest absolute Gasteiger partial charge is 0.237 e. The number of hydrogen-bond donors (Lipinski definition) is 3. The van der Waals surface area contributed by atoms with Crippen molar-refractivity contribution in [3.05, 3.63) is 24.5 Å². The third kappa shape index (κ3) is 3.41. The van der Waals surface area contributed by atoms with Crippen molar-refractivity contribution in [2.24, 2.45) is 0 Å². The lowest BCUT2D eigenvalue weighted by Gasteiger charge is -2.13. The Balaban J connectivity index is 2.03. The average Bonchev–Trinajstić information content (AvgIpc) is 2.93. The zero-order valence-electron chi connectivity index (χ0n) is 11.1. The van der Waals surface area contributed by atoms with E-state index in [0.29, 0.717) is 22.3 Å². The minimum atomic E-state index is -0.329. The van der Waals surface area contributed by atoms with E-state index in [0.717, 1.165) is 0 Å². The van der Waals surface area contributed by atoms with Crippen LogP contribution in [-0.4, -0.2) is 33.4 Å². The normalized spacial score (nSPS) is 11.9. The van der Waals surface area contributed by atoms with E-state index >= 15 is 0 Å². The van der Waals surface area contributed by atoms with Gasteiger partial charge in [0.1, 0.15) is 12.1 Å². The highest BCUT2D eigenvalue weighted by Crippen LogP contribution is 2.28. The second-order valence-corrected chi connectivity index (χ2v) is 5.33. The molecule has 2 aromatic rings. The van der Waals surface area contributed by atoms with Gasteiger partial charge in [0.2, 0.25) is 5.91 Å². The van der Waals surface area contributed by atoms with Gasteiger partial charge in [-0.2, -0.15) is 5.10 Å². The minimum absolute atomic E-state index is 0.158. The number of carbonyl (C=O) groups is 1. The predicted octanol–water partition coefficient (Wildman–Crippen LogP) is 1.51. The number of benzene rings is 1. The number of methoxy groups -OCH3 is 1. The van der Waals surface area contributed by atoms with Crippen molar-refractivity contribution < 1.29 is 9.53 Å². The zero-order chi connectivity index (χ0) is 14.5. The third-order valence-corrected chi connectivity index (χ3v) is 3.52. The molecular formula is C12H15N5O2S. The number of hydrogen-bond acceptors (Lipinski definition) is 6. The zero-order valence-corrected chi connectivity index (χ0v) is 11.9. The highest BCUT2D eigenvalue weighted by molar-refractivity contribution is 8.00. The molecule has 1 heterocycles. The number of anilines is 2. The molecule has 0 aliphatic rings. The van der Waals surface area contributed by atoms with Crippen molar-refractivity contribution in [3.8, 4) is 5.75 Å². The maximum Gasteiger partial charge on any atom is 0.237 e. The molecule has 4 N–H and O–H groups in total. The summed E-state index contributed by atoms with van der Waals surface area (Å²) in [7, 11) is 1.52. The molecule has 0 fully saturated rings. The molecule has 0 aliphatic carbocycles. The molecule has 1 amide bonds. The monoisotopic (exact) mass is 293 g/mol. The van der Waals surface area contributed by atoms with Gasteiger partial charge in [0.25, 0.3) is 0 Å². The Bertz CT molecular complexity index is 588. The Hall–Kier alpha value is -2.22. The second kappa shape index (κ2) is 6.29. The molecular weight excluding hydrogens is 278 g/mol. The molecule has 8 heteroatoms. The van der Waals surface area contributed by atoms with Gasteiger partial charge in [-0.3, -0.25) is 9.89 Å². The van der Waals surface area contributed by atoms with Crippen LogP contribution < -0.4 is 15.8 Å². The van der Waals surface area contributed by atoms with Gasteiger partial charge >= 0.3 is 0 Å². The molecule has 0 saturated heterocycles. The lowest BCUT2D eigenvalue weighted by Crippen LogP contribution is -2.22. The van der Waals surface area contributed by atoms with Gasteiger partial charge in [-0.1, -0.05) is 11.8 Å². The molecule has 0 saturated carbocycles. The third-order valence-electron chi connectivity index (χ3n) is 2.53. The van der Waals surface area contributed by atoms with E-state index in [2.05, 4.69) is 20.5 Å². The number of aromatic nitrogens is 3. The maximum absolute atomic E-state index is 12.1. The minimum Gasteiger partial charge on any atom is -0.494 e. The van der Waals surface area contributed by atoms with Crippen LogP contribution in [0.15, 0.2) is 29.7 Å². The second-order valence-electron chi connectivity index (χ2n) is 4.00. The van der Waals surface area contributed by atoms with Crippen molar-refractivity contribution >= 4 is 29.0 Å². The van der Waals surface area contributed by atoms with Gasteiger partial charge in [0.15, 0.2) is 5.16 Å². The van der Waals surface area contributed by atoms with E-state index in [1.807, 2.05) is 0 Å². The summed E-state index contributed by atoms with van der Waals surface area (Å²) < 4.78 is 5.18. The predicted molar refractivity (Wildman–Crippen MR) is 77.7 cm³/mol. The molecule has 2 rings (SSSR count). The standard InChI is InChI=1S/C12H15N5O2S/c1-7(20-12-14-6-15-17-12)11(18)16-9-4-3-8(13)5-10(9)19-2/h3-7H,13H2,1-2H3,(H,16,18)(H,14,15,17). The fraction of sp³-hybridized carbons (Fsp3) is 0.250. The van der Waals surface area contributed by atoms with Crippen molar-refractivity contribution in [3.63, 3.8) is 0 Å². The first kappa shape index (κ1) is 14.2. The first-order valence-corrected chi connectivity index (χ1v) is 6.74. The maximum atomic E-state index is 12.1. The van der Waals surface area contributed by atoms with Crippen LogP contribution in [0.1, 0.15) is 6.92 Å². The van der Waals surface area contributed by atoms with Crippen LogP contribution in [0.2, 0.25) is 0 Å². The molecule has 1 atom stereocenters. The molecule has 1 unspecified atom stereocenters. The largest absolute Gasteiger partial charge is 0.494 e. The van der Waals surface area contributed by atoms with E-state index in [9.17, 15) is 4.79 Å². The van der Waals surface area contributed by atoms with E-state index in [4.69, 9.17) is 10.5 Å². The number of rotatable bonds is 5. The molecule has 1 aromatic heterocycles. The number of carbonyl (C=O) groups excluding carboxylic acids is 1. The van der Waals surface area contributed by atoms with E-state index in [1.165, 1.54) is 25.2 Å². The van der Waals surface area contributed by atoms with Gasteiger partial charge in [-0.15, -0.1) is 0 Å². The number of nitrogens with zero attached hydrogens (tertiary/aromatic N) is 2. The topological polar surface area (TPSA) is 106 Å². The Morgan fingerprint density at radius 3 is 3.00 bits per heavy atom. The summed E-state index contributed by atoms with van der Waals surface area (Å²) in [4.78, 5) is 16.1. The van der Waals surface area contributed by atoms with Crippen molar-refractivity contribution in [2.45, 2.75) is 17.3 Å². The van der Waals surface area contributed by atoms with Crippen molar-refractivity contribution in [1.82, 2.24) is 15.2 Å². The van der Waals surface area contributed by atoms with Crippen LogP contribution in [0.25, 0.3) is 0 Å². The number of H-pyrrole nitrogens is 1. The quantitative estimate of drug-likeness (QED) is 0.570. The highest BCUT2D eigenvalue weighted by Gasteiger charge is 2.17. The summed E-state index contributed by atoms with van der Waals surface area (Å²) in [6.45, 7) is 1.78. The van der Waals surface area contributed by atoms with Gasteiger partial charge in [-0.05, 0) is 19.1 Å². The Labute approximate surface area is 120 Å². The number of aromatic amines is 1. The summed E-state index contributed by atoms with van der Waals surface area (Å²) >= 11 is 1.29. The number of ether oxygens (including phenoxy) is 1. The van der Waals surface area contributed by atoms with Crippen LogP contribution in [-0.2, 0) is 4.79 Å². The van der Waals surface area contributed by atoms with Crippen LogP contribution >= 0.6 is 11.8 Å². The fourth-order valence-corrected chi connectivity index (χ4v) is 2.23. The van der Waals surface area contributed by atoms with E-state index in [-0.39, 0.29) is 11.2 Å². The highest BCUT2D eigenvalue weighted by atomic mass is 32.2. The summed E-state index contributed by atoms with van der Waals surface area (Å²) in [5.74, 6) is 0.365. The summed E-state index contributed by atoms with van der Waals surface area (Å²) in [6.07, 6.45) is 1.40. The first-order valence-electron chi connectivity index (χ1n) is 5.86. The van der Waals surface area contributed by atoms with Crippen LogP contribution in [0.4, 0.5) is 11.4 Å². The molecule has 20 heavy (non-hydrogen) atoms. The van der Waals surface area contributed by atoms with Crippen molar-refractivity contribution in [2.75, 3.05) is 18.2 Å². The molecule has 0 spiro atoms. The van der Waals surface area contributed by atoms with E-state index in [1.54, 1.807) is 25.1 Å². The summed E-state index contributed by atoms with van der Waals surface area (Å²) in [5, 5.41) is 9.49. The number of amides is 1. The lowest BCUT2D eigenvalue weighted by atomic mass is 10.2. The average molecular weight is 293 g/mol. The van der Waals surface area contributed by atoms with Crippen LogP contribution in [0.5, 0.6) is 5.75 Å². The number of thioether (sulfide) groups is 1. The molecule has 0 aliphatic heterocycles. The first-order chi connectivity index (χ1) is 9.60. The number of nitrogens with two attached hydrogens (primary N) is 1. The summed E-state index contributed by atoms with van der Waals surface area (Å²) in [6, 6.07) is 5.06. The lowest BCUT2D eigenvalue weighted by molar-refractivity contribution is -0.115. The number of nitrogen functional groups attached to an aromatic ring is 1.